The van der Waals surface area contributed by atoms with Crippen molar-refractivity contribution in [3.05, 3.63) is 40.2 Å². The average Bonchev–Trinajstić information content (AvgIpc) is 2.44. The molecule has 2 rings (SSSR count). The Morgan fingerprint density at radius 2 is 2.19 bits per heavy atom. The van der Waals surface area contributed by atoms with Gasteiger partial charge in [-0.1, -0.05) is 0 Å². The molecule has 0 aliphatic heterocycles. The van der Waals surface area contributed by atoms with Crippen molar-refractivity contribution in [2.75, 3.05) is 6.61 Å². The van der Waals surface area contributed by atoms with Crippen molar-refractivity contribution in [1.29, 1.82) is 5.26 Å². The lowest BCUT2D eigenvalue weighted by Gasteiger charge is -2.08. The van der Waals surface area contributed by atoms with Gasteiger partial charge in [0.1, 0.15) is 17.4 Å². The van der Waals surface area contributed by atoms with Crippen molar-refractivity contribution in [2.24, 2.45) is 0 Å². The molecule has 0 bridgehead atoms. The summed E-state index contributed by atoms with van der Waals surface area (Å²) in [6.45, 7) is 2.94. The molecular weight excluding hydrogens is 274 g/mol. The maximum Gasteiger partial charge on any atom is 0.345 e. The normalized spacial score (nSPS) is 11.7. The monoisotopic (exact) mass is 287 g/mol. The Balaban J connectivity index is 2.12. The number of fused-ring (bicyclic) bond motifs is 1. The number of esters is 1. The van der Waals surface area contributed by atoms with Gasteiger partial charge in [0.15, 0.2) is 12.7 Å². The fraction of sp³-hybridized carbons (Fsp3) is 0.267. The number of hydrogen-bond acceptors (Lipinski definition) is 6. The van der Waals surface area contributed by atoms with Crippen molar-refractivity contribution in [1.82, 2.24) is 0 Å². The number of aryl methyl sites for hydroxylation is 1. The summed E-state index contributed by atoms with van der Waals surface area (Å²) >= 11 is 0. The molecule has 2 aromatic rings. The van der Waals surface area contributed by atoms with Crippen molar-refractivity contribution in [2.45, 2.75) is 20.0 Å². The maximum absolute atomic E-state index is 11.4. The van der Waals surface area contributed by atoms with Crippen LogP contribution in [0.3, 0.4) is 0 Å². The zero-order valence-electron chi connectivity index (χ0n) is 11.6. The summed E-state index contributed by atoms with van der Waals surface area (Å²) in [5.41, 5.74) is 0.741. The number of benzene rings is 1. The lowest BCUT2D eigenvalue weighted by atomic mass is 10.1. The van der Waals surface area contributed by atoms with Crippen LogP contribution >= 0.6 is 0 Å². The van der Waals surface area contributed by atoms with Gasteiger partial charge in [0.2, 0.25) is 0 Å². The van der Waals surface area contributed by atoms with Crippen molar-refractivity contribution < 1.29 is 18.7 Å². The molecule has 0 fully saturated rings. The molecule has 6 nitrogen and oxygen atoms in total. The Labute approximate surface area is 120 Å². The predicted molar refractivity (Wildman–Crippen MR) is 73.9 cm³/mol. The van der Waals surface area contributed by atoms with Gasteiger partial charge in [0.25, 0.3) is 0 Å². The number of nitriles is 1. The fourth-order valence-electron chi connectivity index (χ4n) is 1.79. The van der Waals surface area contributed by atoms with E-state index in [1.165, 1.54) is 19.1 Å². The second kappa shape index (κ2) is 6.09. The van der Waals surface area contributed by atoms with E-state index in [-0.39, 0.29) is 6.61 Å². The highest BCUT2D eigenvalue weighted by molar-refractivity contribution is 5.81. The number of rotatable bonds is 4. The minimum absolute atomic E-state index is 0.326. The standard InChI is InChI=1S/C15H13NO5/c1-9-5-14(17)21-13-6-11(3-4-12(9)13)19-8-15(18)20-10(2)7-16/h3-6,10H,8H2,1-2H3/t10-/m0/s1. The van der Waals surface area contributed by atoms with Gasteiger partial charge < -0.3 is 13.9 Å². The molecule has 1 heterocycles. The molecule has 0 aliphatic rings. The van der Waals surface area contributed by atoms with Crippen LogP contribution < -0.4 is 10.4 Å². The van der Waals surface area contributed by atoms with Gasteiger partial charge in [-0.05, 0) is 31.5 Å². The molecule has 0 unspecified atom stereocenters. The van der Waals surface area contributed by atoms with Crippen LogP contribution in [0.5, 0.6) is 5.75 Å². The van der Waals surface area contributed by atoms with Crippen LogP contribution in [-0.4, -0.2) is 18.7 Å². The Morgan fingerprint density at radius 3 is 2.90 bits per heavy atom. The van der Waals surface area contributed by atoms with Crippen LogP contribution in [0.4, 0.5) is 0 Å². The lowest BCUT2D eigenvalue weighted by Crippen LogP contribution is -2.19. The number of ether oxygens (including phenoxy) is 2. The minimum Gasteiger partial charge on any atom is -0.482 e. The molecule has 0 radical (unpaired) electrons. The second-order valence-electron chi connectivity index (χ2n) is 4.46. The van der Waals surface area contributed by atoms with E-state index in [1.807, 2.05) is 0 Å². The summed E-state index contributed by atoms with van der Waals surface area (Å²) in [5.74, 6) is -0.271. The van der Waals surface area contributed by atoms with E-state index in [1.54, 1.807) is 25.1 Å². The highest BCUT2D eigenvalue weighted by atomic mass is 16.6. The van der Waals surface area contributed by atoms with Crippen molar-refractivity contribution in [3.63, 3.8) is 0 Å². The van der Waals surface area contributed by atoms with E-state index < -0.39 is 17.7 Å². The molecule has 0 aliphatic carbocycles. The van der Waals surface area contributed by atoms with E-state index >= 15 is 0 Å². The first-order valence-electron chi connectivity index (χ1n) is 6.26. The number of carbonyl (C=O) groups is 1. The Bertz CT molecular complexity index is 772. The first-order chi connectivity index (χ1) is 9.99. The molecule has 0 saturated carbocycles. The third kappa shape index (κ3) is 3.60. The van der Waals surface area contributed by atoms with E-state index in [0.717, 1.165) is 10.9 Å². The van der Waals surface area contributed by atoms with Gasteiger partial charge in [0, 0.05) is 17.5 Å². The molecule has 1 atom stereocenters. The first-order valence-corrected chi connectivity index (χ1v) is 6.26. The van der Waals surface area contributed by atoms with Crippen LogP contribution in [0.1, 0.15) is 12.5 Å². The van der Waals surface area contributed by atoms with E-state index in [9.17, 15) is 9.59 Å². The fourth-order valence-corrected chi connectivity index (χ4v) is 1.79. The van der Waals surface area contributed by atoms with Gasteiger partial charge in [-0.15, -0.1) is 0 Å². The van der Waals surface area contributed by atoms with E-state index in [2.05, 4.69) is 0 Å². The molecule has 0 N–H and O–H groups in total. The first kappa shape index (κ1) is 14.6. The summed E-state index contributed by atoms with van der Waals surface area (Å²) in [6.07, 6.45) is -0.821. The summed E-state index contributed by atoms with van der Waals surface area (Å²) < 4.78 is 15.1. The maximum atomic E-state index is 11.4. The number of carbonyl (C=O) groups excluding carboxylic acids is 1. The highest BCUT2D eigenvalue weighted by Gasteiger charge is 2.10. The molecule has 108 valence electrons. The highest BCUT2D eigenvalue weighted by Crippen LogP contribution is 2.22. The van der Waals surface area contributed by atoms with Crippen molar-refractivity contribution >= 4 is 16.9 Å². The average molecular weight is 287 g/mol. The smallest absolute Gasteiger partial charge is 0.345 e. The third-order valence-electron chi connectivity index (χ3n) is 2.77. The Hall–Kier alpha value is -2.81. The third-order valence-corrected chi connectivity index (χ3v) is 2.77. The van der Waals surface area contributed by atoms with Crippen LogP contribution in [0, 0.1) is 18.3 Å². The lowest BCUT2D eigenvalue weighted by molar-refractivity contribution is -0.148. The van der Waals surface area contributed by atoms with Crippen LogP contribution in [0.25, 0.3) is 11.0 Å². The summed E-state index contributed by atoms with van der Waals surface area (Å²) in [6, 6.07) is 8.13. The second-order valence-corrected chi connectivity index (χ2v) is 4.46. The van der Waals surface area contributed by atoms with Crippen LogP contribution in [0.15, 0.2) is 33.5 Å². The summed E-state index contributed by atoms with van der Waals surface area (Å²) in [5, 5.41) is 9.32. The quantitative estimate of drug-likeness (QED) is 0.630. The number of hydrogen-bond donors (Lipinski definition) is 0. The van der Waals surface area contributed by atoms with Gasteiger partial charge in [-0.3, -0.25) is 0 Å². The molecule has 6 heteroatoms. The van der Waals surface area contributed by atoms with Crippen LogP contribution in [-0.2, 0) is 9.53 Å². The Kier molecular flexibility index (Phi) is 4.24. The largest absolute Gasteiger partial charge is 0.482 e. The molecule has 0 spiro atoms. The minimum atomic E-state index is -0.821. The molecule has 1 aromatic heterocycles. The zero-order valence-corrected chi connectivity index (χ0v) is 11.6. The van der Waals surface area contributed by atoms with Crippen molar-refractivity contribution in [3.8, 4) is 11.8 Å². The van der Waals surface area contributed by atoms with E-state index in [0.29, 0.717) is 11.3 Å². The van der Waals surface area contributed by atoms with Gasteiger partial charge in [-0.2, -0.15) is 5.26 Å². The molecule has 1 aromatic carbocycles. The predicted octanol–water partition coefficient (Wildman–Crippen LogP) is 1.94. The van der Waals surface area contributed by atoms with Gasteiger partial charge in [0.05, 0.1) is 0 Å². The SMILES string of the molecule is Cc1cc(=O)oc2cc(OCC(=O)O[C@@H](C)C#N)ccc12. The zero-order chi connectivity index (χ0) is 15.4. The molecule has 0 amide bonds. The molecule has 0 saturated heterocycles. The Morgan fingerprint density at radius 1 is 1.43 bits per heavy atom. The van der Waals surface area contributed by atoms with E-state index in [4.69, 9.17) is 19.2 Å². The summed E-state index contributed by atoms with van der Waals surface area (Å²) in [7, 11) is 0. The van der Waals surface area contributed by atoms with Gasteiger partial charge in [-0.25, -0.2) is 9.59 Å². The topological polar surface area (TPSA) is 89.5 Å². The van der Waals surface area contributed by atoms with Crippen LogP contribution in [0.2, 0.25) is 0 Å². The molecular formula is C15H13NO5. The van der Waals surface area contributed by atoms with Gasteiger partial charge >= 0.3 is 11.6 Å². The molecule has 21 heavy (non-hydrogen) atoms. The summed E-state index contributed by atoms with van der Waals surface area (Å²) in [4.78, 5) is 22.7. The number of nitrogens with zero attached hydrogens (tertiary/aromatic N) is 1.